The second-order valence-electron chi connectivity index (χ2n) is 4.03. The zero-order valence-electron chi connectivity index (χ0n) is 10.9. The van der Waals surface area contributed by atoms with E-state index in [1.54, 1.807) is 17.4 Å². The van der Waals surface area contributed by atoms with Crippen LogP contribution in [-0.2, 0) is 11.2 Å². The molecule has 0 aliphatic heterocycles. The second-order valence-corrected chi connectivity index (χ2v) is 5.83. The maximum atomic E-state index is 11.5. The van der Waals surface area contributed by atoms with Gasteiger partial charge in [0.15, 0.2) is 0 Å². The highest BCUT2D eigenvalue weighted by Crippen LogP contribution is 2.22. The summed E-state index contributed by atoms with van der Waals surface area (Å²) in [5.41, 5.74) is 6.29. The topological polar surface area (TPSA) is 77.2 Å². The average Bonchev–Trinajstić information content (AvgIpc) is 2.85. The number of nitrogens with two attached hydrogens (primary N) is 1. The number of halogens is 1. The first kappa shape index (κ1) is 14.6. The Labute approximate surface area is 125 Å². The molecule has 0 bridgehead atoms. The highest BCUT2D eigenvalue weighted by Gasteiger charge is 2.11. The van der Waals surface area contributed by atoms with E-state index in [-0.39, 0.29) is 0 Å². The molecule has 0 aromatic carbocycles. The van der Waals surface area contributed by atoms with Crippen LogP contribution in [0.4, 0.5) is 11.5 Å². The number of carbonyl (C=O) groups is 1. The summed E-state index contributed by atoms with van der Waals surface area (Å²) in [4.78, 5) is 16.8. The van der Waals surface area contributed by atoms with E-state index in [1.807, 2.05) is 12.1 Å². The van der Waals surface area contributed by atoms with Crippen molar-refractivity contribution in [1.82, 2.24) is 4.98 Å². The molecule has 2 rings (SSSR count). The molecular weight excluding hydrogens is 298 g/mol. The number of nitrogens with zero attached hydrogens (tertiary/aromatic N) is 1. The van der Waals surface area contributed by atoms with Crippen LogP contribution in [0, 0.1) is 0 Å². The molecule has 7 heteroatoms. The summed E-state index contributed by atoms with van der Waals surface area (Å²) >= 11 is 7.41. The van der Waals surface area contributed by atoms with Crippen molar-refractivity contribution in [2.75, 3.05) is 24.7 Å². The molecular formula is C13H14ClN3O2S. The Morgan fingerprint density at radius 1 is 1.55 bits per heavy atom. The Hall–Kier alpha value is -1.79. The fourth-order valence-electron chi connectivity index (χ4n) is 1.65. The number of nitrogens with one attached hydrogen (secondary N) is 1. The number of anilines is 2. The number of pyridine rings is 1. The van der Waals surface area contributed by atoms with E-state index in [9.17, 15) is 4.79 Å². The van der Waals surface area contributed by atoms with Gasteiger partial charge in [-0.3, -0.25) is 0 Å². The van der Waals surface area contributed by atoms with Gasteiger partial charge in [0.2, 0.25) is 0 Å². The number of hydrogen-bond acceptors (Lipinski definition) is 6. The van der Waals surface area contributed by atoms with Crippen LogP contribution in [0.1, 0.15) is 15.2 Å². The van der Waals surface area contributed by atoms with E-state index in [4.69, 9.17) is 17.3 Å². The average molecular weight is 312 g/mol. The minimum Gasteiger partial charge on any atom is -0.465 e. The van der Waals surface area contributed by atoms with Gasteiger partial charge >= 0.3 is 5.97 Å². The normalized spacial score (nSPS) is 10.3. The van der Waals surface area contributed by atoms with E-state index >= 15 is 0 Å². The highest BCUT2D eigenvalue weighted by atomic mass is 35.5. The van der Waals surface area contributed by atoms with Crippen LogP contribution in [0.15, 0.2) is 24.4 Å². The van der Waals surface area contributed by atoms with Crippen molar-refractivity contribution in [2.45, 2.75) is 6.42 Å². The predicted octanol–water partition coefficient (Wildman–Crippen LogP) is 2.82. The maximum Gasteiger partial charge on any atom is 0.340 e. The number of hydrogen-bond donors (Lipinski definition) is 2. The fraction of sp³-hybridized carbons (Fsp3) is 0.231. The van der Waals surface area contributed by atoms with Gasteiger partial charge in [0.05, 0.1) is 28.9 Å². The largest absolute Gasteiger partial charge is 0.465 e. The van der Waals surface area contributed by atoms with E-state index in [0.717, 1.165) is 10.8 Å². The van der Waals surface area contributed by atoms with Crippen LogP contribution >= 0.6 is 22.9 Å². The van der Waals surface area contributed by atoms with Crippen molar-refractivity contribution in [3.8, 4) is 0 Å². The Morgan fingerprint density at radius 3 is 3.00 bits per heavy atom. The van der Waals surface area contributed by atoms with Crippen molar-refractivity contribution in [3.63, 3.8) is 0 Å². The summed E-state index contributed by atoms with van der Waals surface area (Å²) in [6.45, 7) is 0.689. The lowest BCUT2D eigenvalue weighted by Crippen LogP contribution is -2.10. The lowest BCUT2D eigenvalue weighted by molar-refractivity contribution is 0.0602. The van der Waals surface area contributed by atoms with Crippen molar-refractivity contribution in [3.05, 3.63) is 39.2 Å². The molecule has 0 saturated heterocycles. The van der Waals surface area contributed by atoms with Crippen molar-refractivity contribution < 1.29 is 9.53 Å². The van der Waals surface area contributed by atoms with Gasteiger partial charge in [-0.15, -0.1) is 11.3 Å². The Morgan fingerprint density at radius 2 is 2.35 bits per heavy atom. The number of methoxy groups -OCH3 is 1. The van der Waals surface area contributed by atoms with Crippen LogP contribution < -0.4 is 11.1 Å². The molecule has 0 aliphatic carbocycles. The minimum atomic E-state index is -0.474. The summed E-state index contributed by atoms with van der Waals surface area (Å²) < 4.78 is 5.44. The molecule has 2 aromatic heterocycles. The van der Waals surface area contributed by atoms with Crippen LogP contribution in [0.25, 0.3) is 0 Å². The third-order valence-corrected chi connectivity index (χ3v) is 3.94. The number of ether oxygens (including phenoxy) is 1. The van der Waals surface area contributed by atoms with E-state index < -0.39 is 5.97 Å². The molecule has 20 heavy (non-hydrogen) atoms. The molecule has 0 atom stereocenters. The van der Waals surface area contributed by atoms with Gasteiger partial charge in [0.1, 0.15) is 5.82 Å². The first-order valence-electron chi connectivity index (χ1n) is 5.92. The lowest BCUT2D eigenvalue weighted by atomic mass is 10.2. The molecule has 0 radical (unpaired) electrons. The summed E-state index contributed by atoms with van der Waals surface area (Å²) in [5, 5.41) is 3.14. The Balaban J connectivity index is 1.97. The molecule has 0 amide bonds. The molecule has 2 heterocycles. The number of carbonyl (C=O) groups excluding carboxylic acids is 1. The Bertz CT molecular complexity index is 615. The monoisotopic (exact) mass is 311 g/mol. The standard InChI is InChI=1S/C13H14ClN3O2S/c1-19-13(18)9-6-12(17-7-10(9)15)16-5-4-8-2-3-11(14)20-8/h2-3,6-7H,4-5,15H2,1H3,(H,16,17). The molecule has 2 aromatic rings. The Kier molecular flexibility index (Phi) is 4.81. The first-order valence-corrected chi connectivity index (χ1v) is 7.11. The van der Waals surface area contributed by atoms with Crippen LogP contribution in [0.5, 0.6) is 0 Å². The quantitative estimate of drug-likeness (QED) is 0.830. The smallest absolute Gasteiger partial charge is 0.340 e. The van der Waals surface area contributed by atoms with Crippen LogP contribution in [0.2, 0.25) is 4.34 Å². The maximum absolute atomic E-state index is 11.5. The molecule has 0 fully saturated rings. The highest BCUT2D eigenvalue weighted by molar-refractivity contribution is 7.16. The zero-order valence-corrected chi connectivity index (χ0v) is 12.4. The van der Waals surface area contributed by atoms with Gasteiger partial charge in [-0.1, -0.05) is 11.6 Å². The number of thiophene rings is 1. The summed E-state index contributed by atoms with van der Waals surface area (Å²) in [5.74, 6) is 0.111. The lowest BCUT2D eigenvalue weighted by Gasteiger charge is -2.08. The van der Waals surface area contributed by atoms with E-state index in [0.29, 0.717) is 23.6 Å². The molecule has 0 saturated carbocycles. The number of aromatic nitrogens is 1. The number of rotatable bonds is 5. The summed E-state index contributed by atoms with van der Waals surface area (Å²) in [6.07, 6.45) is 2.27. The van der Waals surface area contributed by atoms with Gasteiger partial charge in [-0.2, -0.15) is 0 Å². The van der Waals surface area contributed by atoms with Crippen molar-refractivity contribution >= 4 is 40.4 Å². The van der Waals surface area contributed by atoms with Gasteiger partial charge in [-0.25, -0.2) is 9.78 Å². The number of esters is 1. The van der Waals surface area contributed by atoms with Gasteiger partial charge in [0.25, 0.3) is 0 Å². The van der Waals surface area contributed by atoms with Crippen molar-refractivity contribution in [1.29, 1.82) is 0 Å². The SMILES string of the molecule is COC(=O)c1cc(NCCc2ccc(Cl)s2)ncc1N. The molecule has 5 nitrogen and oxygen atoms in total. The third kappa shape index (κ3) is 3.61. The van der Waals surface area contributed by atoms with Gasteiger partial charge in [-0.05, 0) is 24.6 Å². The molecule has 106 valence electrons. The van der Waals surface area contributed by atoms with E-state index in [2.05, 4.69) is 15.0 Å². The molecule has 0 spiro atoms. The fourth-order valence-corrected chi connectivity index (χ4v) is 2.74. The third-order valence-electron chi connectivity index (χ3n) is 2.65. The van der Waals surface area contributed by atoms with E-state index in [1.165, 1.54) is 18.2 Å². The van der Waals surface area contributed by atoms with Crippen molar-refractivity contribution in [2.24, 2.45) is 0 Å². The van der Waals surface area contributed by atoms with Gasteiger partial charge < -0.3 is 15.8 Å². The van der Waals surface area contributed by atoms with Crippen LogP contribution in [-0.4, -0.2) is 24.6 Å². The summed E-state index contributed by atoms with van der Waals surface area (Å²) in [7, 11) is 1.32. The van der Waals surface area contributed by atoms with Crippen LogP contribution in [0.3, 0.4) is 0 Å². The number of nitrogen functional groups attached to an aromatic ring is 1. The van der Waals surface area contributed by atoms with Gasteiger partial charge in [0, 0.05) is 11.4 Å². The minimum absolute atomic E-state index is 0.299. The predicted molar refractivity (Wildman–Crippen MR) is 81.5 cm³/mol. The molecule has 0 aliphatic rings. The second kappa shape index (κ2) is 6.58. The zero-order chi connectivity index (χ0) is 14.5. The molecule has 3 N–H and O–H groups in total. The first-order chi connectivity index (χ1) is 9.60. The molecule has 0 unspecified atom stereocenters. The summed E-state index contributed by atoms with van der Waals surface area (Å²) in [6, 6.07) is 5.45.